The van der Waals surface area contributed by atoms with Gasteiger partial charge >= 0.3 is 5.97 Å². The maximum absolute atomic E-state index is 11.3. The van der Waals surface area contributed by atoms with Gasteiger partial charge in [-0.25, -0.2) is 4.79 Å². The average molecular weight is 239 g/mol. The number of esters is 1. The van der Waals surface area contributed by atoms with Crippen molar-refractivity contribution in [3.05, 3.63) is 46.0 Å². The molecule has 0 aromatic heterocycles. The summed E-state index contributed by atoms with van der Waals surface area (Å²) in [6, 6.07) is 0. The van der Waals surface area contributed by atoms with Crippen LogP contribution in [0.15, 0.2) is 46.0 Å². The first kappa shape index (κ1) is 8.51. The van der Waals surface area contributed by atoms with E-state index in [0.717, 1.165) is 15.6 Å². The molecule has 1 aliphatic heterocycles. The number of fused-ring (bicyclic) bond motifs is 2. The smallest absolute Gasteiger partial charge is 0.339 e. The van der Waals surface area contributed by atoms with E-state index in [-0.39, 0.29) is 5.97 Å². The van der Waals surface area contributed by atoms with Gasteiger partial charge in [0, 0.05) is 4.48 Å². The summed E-state index contributed by atoms with van der Waals surface area (Å²) in [6.45, 7) is 4.17. The molecule has 3 heteroatoms. The highest BCUT2D eigenvalue weighted by Crippen LogP contribution is 2.29. The maximum Gasteiger partial charge on any atom is 0.339 e. The second-order valence-electron chi connectivity index (χ2n) is 2.86. The van der Waals surface area contributed by atoms with Crippen molar-refractivity contribution < 1.29 is 9.53 Å². The molecule has 0 N–H and O–H groups in total. The molecular weight excluding hydrogens is 232 g/mol. The summed E-state index contributed by atoms with van der Waals surface area (Å²) in [6.07, 6.45) is 5.45. The Kier molecular flexibility index (Phi) is 1.96. The van der Waals surface area contributed by atoms with E-state index in [2.05, 4.69) is 22.5 Å². The molecular formula is C10H7BrO2. The van der Waals surface area contributed by atoms with Crippen LogP contribution in [0.3, 0.4) is 0 Å². The van der Waals surface area contributed by atoms with Crippen molar-refractivity contribution in [2.45, 2.75) is 0 Å². The number of hydrogen-bond donors (Lipinski definition) is 0. The van der Waals surface area contributed by atoms with Gasteiger partial charge in [-0.05, 0) is 29.4 Å². The standard InChI is InChI=1S/C10H7BrO2/c1-6-7-4-8(11)2-3-9(6)10(12)13-5-7/h2-4H,1,5H2. The van der Waals surface area contributed by atoms with E-state index in [9.17, 15) is 4.79 Å². The zero-order chi connectivity index (χ0) is 9.42. The number of hydrogen-bond acceptors (Lipinski definition) is 2. The van der Waals surface area contributed by atoms with Crippen LogP contribution >= 0.6 is 15.9 Å². The van der Waals surface area contributed by atoms with Crippen LogP contribution in [0.25, 0.3) is 0 Å². The molecule has 0 unspecified atom stereocenters. The first-order chi connectivity index (χ1) is 6.18. The van der Waals surface area contributed by atoms with Gasteiger partial charge in [-0.1, -0.05) is 22.5 Å². The SMILES string of the molecule is C=C1C2=CC(Br)=CC=C1C(=O)OC2. The molecule has 1 saturated heterocycles. The van der Waals surface area contributed by atoms with Crippen molar-refractivity contribution >= 4 is 21.9 Å². The molecule has 2 rings (SSSR count). The summed E-state index contributed by atoms with van der Waals surface area (Å²) in [4.78, 5) is 11.3. The number of allylic oxidation sites excluding steroid dienone is 4. The lowest BCUT2D eigenvalue weighted by molar-refractivity contribution is -0.138. The minimum Gasteiger partial charge on any atom is -0.457 e. The van der Waals surface area contributed by atoms with Crippen molar-refractivity contribution in [1.82, 2.24) is 0 Å². The molecule has 0 amide bonds. The van der Waals surface area contributed by atoms with Crippen LogP contribution in [0.4, 0.5) is 0 Å². The molecule has 0 aromatic carbocycles. The topological polar surface area (TPSA) is 26.3 Å². The molecule has 0 saturated carbocycles. The van der Waals surface area contributed by atoms with Crippen molar-refractivity contribution in [3.63, 3.8) is 0 Å². The monoisotopic (exact) mass is 238 g/mol. The lowest BCUT2D eigenvalue weighted by Crippen LogP contribution is -2.19. The van der Waals surface area contributed by atoms with Crippen LogP contribution in [0.2, 0.25) is 0 Å². The highest BCUT2D eigenvalue weighted by atomic mass is 79.9. The van der Waals surface area contributed by atoms with Crippen LogP contribution in [0.1, 0.15) is 0 Å². The molecule has 0 aromatic rings. The van der Waals surface area contributed by atoms with Gasteiger partial charge < -0.3 is 4.74 Å². The van der Waals surface area contributed by atoms with Gasteiger partial charge in [-0.2, -0.15) is 0 Å². The molecule has 0 radical (unpaired) electrons. The predicted molar refractivity (Wildman–Crippen MR) is 53.3 cm³/mol. The second-order valence-corrected chi connectivity index (χ2v) is 3.77. The molecule has 13 heavy (non-hydrogen) atoms. The van der Waals surface area contributed by atoms with Crippen molar-refractivity contribution in [2.75, 3.05) is 6.61 Å². The van der Waals surface area contributed by atoms with Gasteiger partial charge in [0.05, 0.1) is 5.57 Å². The first-order valence-electron chi connectivity index (χ1n) is 3.83. The highest BCUT2D eigenvalue weighted by molar-refractivity contribution is 9.11. The van der Waals surface area contributed by atoms with Crippen LogP contribution in [0.5, 0.6) is 0 Å². The number of rotatable bonds is 0. The van der Waals surface area contributed by atoms with Crippen LogP contribution in [-0.2, 0) is 9.53 Å². The van der Waals surface area contributed by atoms with Gasteiger partial charge in [0.1, 0.15) is 6.61 Å². The number of carbonyl (C=O) groups is 1. The lowest BCUT2D eigenvalue weighted by Gasteiger charge is -2.18. The van der Waals surface area contributed by atoms with Crippen LogP contribution in [0, 0.1) is 0 Å². The predicted octanol–water partition coefficient (Wildman–Crippen LogP) is 2.24. The third kappa shape index (κ3) is 1.40. The van der Waals surface area contributed by atoms with Crippen molar-refractivity contribution in [2.24, 2.45) is 0 Å². The van der Waals surface area contributed by atoms with E-state index in [0.29, 0.717) is 12.2 Å². The van der Waals surface area contributed by atoms with Gasteiger partial charge in [-0.15, -0.1) is 0 Å². The molecule has 2 aliphatic rings. The largest absolute Gasteiger partial charge is 0.457 e. The molecule has 1 heterocycles. The number of carbonyl (C=O) groups excluding carboxylic acids is 1. The van der Waals surface area contributed by atoms with E-state index >= 15 is 0 Å². The van der Waals surface area contributed by atoms with Gasteiger partial charge in [0.2, 0.25) is 0 Å². The first-order valence-corrected chi connectivity index (χ1v) is 4.62. The Morgan fingerprint density at radius 3 is 3.00 bits per heavy atom. The average Bonchev–Trinajstić information content (AvgIpc) is 2.17. The highest BCUT2D eigenvalue weighted by Gasteiger charge is 2.24. The normalized spacial score (nSPS) is 21.2. The summed E-state index contributed by atoms with van der Waals surface area (Å²) in [5.74, 6) is -0.291. The maximum atomic E-state index is 11.3. The fourth-order valence-electron chi connectivity index (χ4n) is 1.28. The fourth-order valence-corrected chi connectivity index (χ4v) is 1.69. The van der Waals surface area contributed by atoms with Gasteiger partial charge in [0.15, 0.2) is 0 Å². The third-order valence-corrected chi connectivity index (χ3v) is 2.51. The number of halogens is 1. The Labute approximate surface area is 84.4 Å². The molecule has 2 nitrogen and oxygen atoms in total. The van der Waals surface area contributed by atoms with E-state index < -0.39 is 0 Å². The number of cyclic esters (lactones) is 1. The Morgan fingerprint density at radius 1 is 1.46 bits per heavy atom. The van der Waals surface area contributed by atoms with E-state index in [1.165, 1.54) is 0 Å². The molecule has 0 atom stereocenters. The quantitative estimate of drug-likeness (QED) is 0.606. The molecule has 0 spiro atoms. The van der Waals surface area contributed by atoms with E-state index in [4.69, 9.17) is 4.74 Å². The van der Waals surface area contributed by atoms with Crippen LogP contribution < -0.4 is 0 Å². The second kappa shape index (κ2) is 3.00. The van der Waals surface area contributed by atoms with E-state index in [1.54, 1.807) is 6.08 Å². The minimum absolute atomic E-state index is 0.291. The van der Waals surface area contributed by atoms with Gasteiger partial charge in [-0.3, -0.25) is 0 Å². The Balaban J connectivity index is 2.56. The van der Waals surface area contributed by atoms with Crippen LogP contribution in [-0.4, -0.2) is 12.6 Å². The summed E-state index contributed by atoms with van der Waals surface area (Å²) >= 11 is 3.35. The molecule has 1 aliphatic carbocycles. The molecule has 1 fully saturated rings. The zero-order valence-electron chi connectivity index (χ0n) is 6.84. The lowest BCUT2D eigenvalue weighted by atomic mass is 9.98. The summed E-state index contributed by atoms with van der Waals surface area (Å²) in [5, 5.41) is 0. The van der Waals surface area contributed by atoms with Crippen molar-refractivity contribution in [3.8, 4) is 0 Å². The fraction of sp³-hybridized carbons (Fsp3) is 0.100. The Bertz CT molecular complexity index is 386. The third-order valence-electron chi connectivity index (χ3n) is 2.01. The van der Waals surface area contributed by atoms with E-state index in [1.807, 2.05) is 12.2 Å². The Hall–Kier alpha value is -1.09. The molecule has 66 valence electrons. The summed E-state index contributed by atoms with van der Waals surface area (Å²) in [5.41, 5.74) is 2.26. The Morgan fingerprint density at radius 2 is 2.23 bits per heavy atom. The zero-order valence-corrected chi connectivity index (χ0v) is 8.43. The number of ether oxygens (including phenoxy) is 1. The summed E-state index contributed by atoms with van der Waals surface area (Å²) < 4.78 is 5.88. The molecule has 2 bridgehead atoms. The van der Waals surface area contributed by atoms with Crippen molar-refractivity contribution in [1.29, 1.82) is 0 Å². The summed E-state index contributed by atoms with van der Waals surface area (Å²) in [7, 11) is 0. The minimum atomic E-state index is -0.291. The van der Waals surface area contributed by atoms with Gasteiger partial charge in [0.25, 0.3) is 0 Å².